The number of rotatable bonds is 6. The number of amides is 2. The minimum absolute atomic E-state index is 0.0681. The molecule has 29 heavy (non-hydrogen) atoms. The van der Waals surface area contributed by atoms with Gasteiger partial charge in [0.25, 0.3) is 0 Å². The Morgan fingerprint density at radius 2 is 2.10 bits per heavy atom. The van der Waals surface area contributed by atoms with Crippen molar-refractivity contribution in [3.05, 3.63) is 53.5 Å². The Bertz CT molecular complexity index is 1020. The third kappa shape index (κ3) is 3.74. The van der Waals surface area contributed by atoms with Gasteiger partial charge in [0.05, 0.1) is 18.3 Å². The zero-order chi connectivity index (χ0) is 19.8. The number of para-hydroxylation sites is 1. The normalized spacial score (nSPS) is 21.6. The van der Waals surface area contributed by atoms with Crippen LogP contribution >= 0.6 is 0 Å². The fourth-order valence-electron chi connectivity index (χ4n) is 4.08. The van der Waals surface area contributed by atoms with Crippen LogP contribution in [-0.2, 0) is 17.8 Å². The Morgan fingerprint density at radius 3 is 2.93 bits per heavy atom. The van der Waals surface area contributed by atoms with E-state index in [9.17, 15) is 4.79 Å². The highest BCUT2D eigenvalue weighted by Gasteiger charge is 2.34. The van der Waals surface area contributed by atoms with Gasteiger partial charge in [0, 0.05) is 30.3 Å². The lowest BCUT2D eigenvalue weighted by atomic mass is 10.1. The van der Waals surface area contributed by atoms with Gasteiger partial charge >= 0.3 is 6.03 Å². The van der Waals surface area contributed by atoms with Crippen LogP contribution in [0.2, 0.25) is 0 Å². The van der Waals surface area contributed by atoms with Crippen molar-refractivity contribution < 1.29 is 13.9 Å². The van der Waals surface area contributed by atoms with Crippen molar-refractivity contribution in [3.8, 4) is 0 Å². The van der Waals surface area contributed by atoms with Crippen molar-refractivity contribution in [1.29, 1.82) is 0 Å². The summed E-state index contributed by atoms with van der Waals surface area (Å²) in [5.41, 5.74) is 2.95. The maximum Gasteiger partial charge on any atom is 0.315 e. The van der Waals surface area contributed by atoms with Crippen LogP contribution in [0.4, 0.5) is 4.79 Å². The Kier molecular flexibility index (Phi) is 4.75. The molecule has 3 aromatic rings. The van der Waals surface area contributed by atoms with Crippen molar-refractivity contribution in [2.45, 2.75) is 51.4 Å². The standard InChI is InChI=1S/C22H26N4O3/c1-14-16-4-2-3-5-19(16)29-20(14)12-23-22(27)25-17-9-11-28-21(17)18-8-10-24-26(18)13-15-6-7-15/h2-5,8,10,15,17,21H,6-7,9,11-13H2,1H3,(H2,23,25,27)/t17-,21-/m1/s1. The SMILES string of the molecule is Cc1c(CNC(=O)N[C@@H]2CCO[C@H]2c2ccnn2CC2CC2)oc2ccccc12. The molecular formula is C22H26N4O3. The molecule has 1 saturated carbocycles. The molecule has 2 atom stereocenters. The number of hydrogen-bond acceptors (Lipinski definition) is 4. The Labute approximate surface area is 169 Å². The van der Waals surface area contributed by atoms with Gasteiger partial charge in [-0.2, -0.15) is 5.10 Å². The monoisotopic (exact) mass is 394 g/mol. The highest BCUT2D eigenvalue weighted by atomic mass is 16.5. The number of carbonyl (C=O) groups is 1. The number of furan rings is 1. The zero-order valence-corrected chi connectivity index (χ0v) is 16.6. The number of ether oxygens (including phenoxy) is 1. The Hall–Kier alpha value is -2.80. The molecule has 2 amide bonds. The van der Waals surface area contributed by atoms with Crippen LogP contribution in [0.25, 0.3) is 11.0 Å². The number of fused-ring (bicyclic) bond motifs is 1. The quantitative estimate of drug-likeness (QED) is 0.668. The van der Waals surface area contributed by atoms with E-state index in [-0.39, 0.29) is 18.2 Å². The molecule has 7 nitrogen and oxygen atoms in total. The van der Waals surface area contributed by atoms with E-state index in [1.807, 2.05) is 48.1 Å². The number of hydrogen-bond donors (Lipinski definition) is 2. The molecule has 2 aromatic heterocycles. The summed E-state index contributed by atoms with van der Waals surface area (Å²) in [6.07, 6.45) is 5.00. The van der Waals surface area contributed by atoms with E-state index in [2.05, 4.69) is 15.7 Å². The van der Waals surface area contributed by atoms with Crippen molar-refractivity contribution in [1.82, 2.24) is 20.4 Å². The summed E-state index contributed by atoms with van der Waals surface area (Å²) < 4.78 is 13.9. The van der Waals surface area contributed by atoms with Crippen molar-refractivity contribution in [3.63, 3.8) is 0 Å². The fourth-order valence-corrected chi connectivity index (χ4v) is 4.08. The van der Waals surface area contributed by atoms with Gasteiger partial charge in [-0.1, -0.05) is 18.2 Å². The second-order valence-electron chi connectivity index (χ2n) is 8.04. The molecule has 1 aliphatic carbocycles. The van der Waals surface area contributed by atoms with Gasteiger partial charge in [0.15, 0.2) is 0 Å². The second kappa shape index (κ2) is 7.55. The molecular weight excluding hydrogens is 368 g/mol. The second-order valence-corrected chi connectivity index (χ2v) is 8.04. The molecule has 1 aromatic carbocycles. The average Bonchev–Trinajstić information content (AvgIpc) is 3.09. The van der Waals surface area contributed by atoms with Gasteiger partial charge in [-0.25, -0.2) is 4.79 Å². The molecule has 0 unspecified atom stereocenters. The summed E-state index contributed by atoms with van der Waals surface area (Å²) in [5.74, 6) is 1.51. The van der Waals surface area contributed by atoms with Gasteiger partial charge in [0.1, 0.15) is 17.4 Å². The molecule has 2 fully saturated rings. The number of benzene rings is 1. The zero-order valence-electron chi connectivity index (χ0n) is 16.6. The van der Waals surface area contributed by atoms with Gasteiger partial charge in [-0.05, 0) is 44.2 Å². The molecule has 2 N–H and O–H groups in total. The lowest BCUT2D eigenvalue weighted by Crippen LogP contribution is -2.43. The van der Waals surface area contributed by atoms with Gasteiger partial charge < -0.3 is 19.8 Å². The summed E-state index contributed by atoms with van der Waals surface area (Å²) in [6.45, 7) is 3.94. The summed E-state index contributed by atoms with van der Waals surface area (Å²) in [7, 11) is 0. The number of urea groups is 1. The van der Waals surface area contributed by atoms with Gasteiger partial charge in [0.2, 0.25) is 0 Å². The van der Waals surface area contributed by atoms with Crippen LogP contribution in [-0.4, -0.2) is 28.5 Å². The van der Waals surface area contributed by atoms with E-state index >= 15 is 0 Å². The number of aryl methyl sites for hydroxylation is 1. The maximum atomic E-state index is 12.5. The number of aromatic nitrogens is 2. The van der Waals surface area contributed by atoms with Crippen LogP contribution in [0.15, 0.2) is 40.9 Å². The molecule has 3 heterocycles. The Balaban J connectivity index is 1.22. The van der Waals surface area contributed by atoms with E-state index in [0.717, 1.165) is 46.9 Å². The highest BCUT2D eigenvalue weighted by Crippen LogP contribution is 2.34. The molecule has 152 valence electrons. The minimum Gasteiger partial charge on any atom is -0.459 e. The molecule has 0 radical (unpaired) electrons. The molecule has 5 rings (SSSR count). The molecule has 7 heteroatoms. The van der Waals surface area contributed by atoms with Crippen molar-refractivity contribution >= 4 is 17.0 Å². The van der Waals surface area contributed by atoms with Crippen LogP contribution < -0.4 is 10.6 Å². The van der Waals surface area contributed by atoms with Crippen LogP contribution in [0, 0.1) is 12.8 Å². The smallest absolute Gasteiger partial charge is 0.315 e. The third-order valence-corrected chi connectivity index (χ3v) is 5.93. The van der Waals surface area contributed by atoms with E-state index in [1.54, 1.807) is 0 Å². The number of nitrogens with one attached hydrogen (secondary N) is 2. The number of carbonyl (C=O) groups excluding carboxylic acids is 1. The van der Waals surface area contributed by atoms with Gasteiger partial charge in [-0.15, -0.1) is 0 Å². The predicted octanol–water partition coefficient (Wildman–Crippen LogP) is 3.68. The van der Waals surface area contributed by atoms with E-state index in [4.69, 9.17) is 9.15 Å². The lowest BCUT2D eigenvalue weighted by Gasteiger charge is -2.21. The highest BCUT2D eigenvalue weighted by molar-refractivity contribution is 5.82. The first-order chi connectivity index (χ1) is 14.2. The summed E-state index contributed by atoms with van der Waals surface area (Å²) >= 11 is 0. The predicted molar refractivity (Wildman–Crippen MR) is 108 cm³/mol. The van der Waals surface area contributed by atoms with E-state index in [0.29, 0.717) is 13.2 Å². The van der Waals surface area contributed by atoms with E-state index < -0.39 is 0 Å². The first-order valence-corrected chi connectivity index (χ1v) is 10.3. The molecule has 1 saturated heterocycles. The minimum atomic E-state index is -0.210. The van der Waals surface area contributed by atoms with Crippen LogP contribution in [0.1, 0.15) is 42.4 Å². The molecule has 1 aliphatic heterocycles. The fraction of sp³-hybridized carbons (Fsp3) is 0.455. The largest absolute Gasteiger partial charge is 0.459 e. The van der Waals surface area contributed by atoms with Crippen LogP contribution in [0.3, 0.4) is 0 Å². The lowest BCUT2D eigenvalue weighted by molar-refractivity contribution is 0.0921. The van der Waals surface area contributed by atoms with Crippen molar-refractivity contribution in [2.75, 3.05) is 6.61 Å². The topological polar surface area (TPSA) is 81.3 Å². The average molecular weight is 394 g/mol. The van der Waals surface area contributed by atoms with Crippen molar-refractivity contribution in [2.24, 2.45) is 5.92 Å². The molecule has 0 bridgehead atoms. The first-order valence-electron chi connectivity index (χ1n) is 10.3. The summed E-state index contributed by atoms with van der Waals surface area (Å²) in [6, 6.07) is 9.63. The van der Waals surface area contributed by atoms with Gasteiger partial charge in [-0.3, -0.25) is 4.68 Å². The third-order valence-electron chi connectivity index (χ3n) is 5.93. The first kappa shape index (κ1) is 18.2. The van der Waals surface area contributed by atoms with E-state index in [1.165, 1.54) is 12.8 Å². The molecule has 0 spiro atoms. The summed E-state index contributed by atoms with van der Waals surface area (Å²) in [4.78, 5) is 12.5. The maximum absolute atomic E-state index is 12.5. The summed E-state index contributed by atoms with van der Waals surface area (Å²) in [5, 5.41) is 11.5. The number of nitrogens with zero attached hydrogens (tertiary/aromatic N) is 2. The molecule has 2 aliphatic rings. The Morgan fingerprint density at radius 1 is 1.24 bits per heavy atom. The van der Waals surface area contributed by atoms with Crippen LogP contribution in [0.5, 0.6) is 0 Å².